The molecule has 0 aromatic heterocycles. The third kappa shape index (κ3) is 2.71. The second kappa shape index (κ2) is 6.05. The Labute approximate surface area is 117 Å². The van der Waals surface area contributed by atoms with Crippen molar-refractivity contribution in [1.82, 2.24) is 0 Å². The Kier molecular flexibility index (Phi) is 4.66. The average Bonchev–Trinajstić information content (AvgIpc) is 2.74. The number of halogens is 2. The first-order valence-electron chi connectivity index (χ1n) is 6.90. The third-order valence-corrected chi connectivity index (χ3v) is 4.63. The minimum absolute atomic E-state index is 0.139. The maximum absolute atomic E-state index is 13.6. The molecule has 2 rings (SSSR count). The second-order valence-electron chi connectivity index (χ2n) is 5.15. The third-order valence-electron chi connectivity index (χ3n) is 4.01. The zero-order valence-corrected chi connectivity index (χ0v) is 12.7. The van der Waals surface area contributed by atoms with Crippen LogP contribution in [0.5, 0.6) is 0 Å². The molecule has 1 aromatic rings. The van der Waals surface area contributed by atoms with Gasteiger partial charge < -0.3 is 5.32 Å². The average molecular weight is 314 g/mol. The fourth-order valence-electron chi connectivity index (χ4n) is 2.97. The number of nitrogens with one attached hydrogen (secondary N) is 1. The van der Waals surface area contributed by atoms with Gasteiger partial charge in [-0.3, -0.25) is 0 Å². The number of hydrogen-bond acceptors (Lipinski definition) is 1. The lowest BCUT2D eigenvalue weighted by Gasteiger charge is -2.22. The molecule has 1 aliphatic rings. The first-order valence-corrected chi connectivity index (χ1v) is 7.69. The summed E-state index contributed by atoms with van der Waals surface area (Å²) >= 11 is 3.45. The van der Waals surface area contributed by atoms with Crippen molar-refractivity contribution in [3.05, 3.63) is 28.0 Å². The van der Waals surface area contributed by atoms with Crippen LogP contribution in [0.3, 0.4) is 0 Å². The van der Waals surface area contributed by atoms with E-state index in [1.165, 1.54) is 25.7 Å². The van der Waals surface area contributed by atoms with Crippen molar-refractivity contribution in [2.45, 2.75) is 45.4 Å². The first kappa shape index (κ1) is 13.9. The highest BCUT2D eigenvalue weighted by atomic mass is 79.9. The Morgan fingerprint density at radius 2 is 2.22 bits per heavy atom. The number of unbranched alkanes of at least 4 members (excludes halogenated alkanes) is 1. The molecule has 0 bridgehead atoms. The van der Waals surface area contributed by atoms with E-state index in [-0.39, 0.29) is 5.82 Å². The van der Waals surface area contributed by atoms with Gasteiger partial charge >= 0.3 is 0 Å². The fourth-order valence-corrected chi connectivity index (χ4v) is 3.56. The number of benzene rings is 1. The molecular weight excluding hydrogens is 293 g/mol. The van der Waals surface area contributed by atoms with Crippen molar-refractivity contribution in [3.63, 3.8) is 0 Å². The van der Waals surface area contributed by atoms with Crippen LogP contribution in [-0.2, 0) is 0 Å². The van der Waals surface area contributed by atoms with Crippen LogP contribution < -0.4 is 5.32 Å². The topological polar surface area (TPSA) is 12.0 Å². The van der Waals surface area contributed by atoms with E-state index in [9.17, 15) is 4.39 Å². The number of hydrogen-bond donors (Lipinski definition) is 1. The van der Waals surface area contributed by atoms with Crippen LogP contribution in [0.2, 0.25) is 0 Å². The number of rotatable bonds is 5. The number of fused-ring (bicyclic) bond motifs is 1. The highest BCUT2D eigenvalue weighted by Crippen LogP contribution is 2.43. The molecule has 100 valence electrons. The molecule has 0 saturated carbocycles. The normalized spacial score (nSPS) is 19.4. The van der Waals surface area contributed by atoms with E-state index in [0.29, 0.717) is 11.8 Å². The van der Waals surface area contributed by atoms with Gasteiger partial charge in [0, 0.05) is 16.9 Å². The maximum atomic E-state index is 13.6. The van der Waals surface area contributed by atoms with Gasteiger partial charge in [-0.1, -0.05) is 33.1 Å². The van der Waals surface area contributed by atoms with Gasteiger partial charge in [0.05, 0.1) is 5.69 Å². The van der Waals surface area contributed by atoms with Crippen LogP contribution in [0.4, 0.5) is 10.1 Å². The summed E-state index contributed by atoms with van der Waals surface area (Å²) in [5.41, 5.74) is 2.25. The molecule has 18 heavy (non-hydrogen) atoms. The molecule has 0 spiro atoms. The lowest BCUT2D eigenvalue weighted by molar-refractivity contribution is 0.388. The van der Waals surface area contributed by atoms with Gasteiger partial charge in [0.2, 0.25) is 0 Å². The minimum atomic E-state index is -0.139. The Hall–Kier alpha value is -0.570. The van der Waals surface area contributed by atoms with E-state index in [4.69, 9.17) is 0 Å². The predicted octanol–water partition coefficient (Wildman–Crippen LogP) is 5.31. The van der Waals surface area contributed by atoms with E-state index in [2.05, 4.69) is 35.1 Å². The van der Waals surface area contributed by atoms with Crippen LogP contribution >= 0.6 is 15.9 Å². The highest BCUT2D eigenvalue weighted by Gasteiger charge is 2.30. The predicted molar refractivity (Wildman–Crippen MR) is 78.6 cm³/mol. The van der Waals surface area contributed by atoms with Crippen LogP contribution in [-0.4, -0.2) is 6.54 Å². The Balaban J connectivity index is 2.24. The van der Waals surface area contributed by atoms with Crippen LogP contribution in [0.15, 0.2) is 16.6 Å². The van der Waals surface area contributed by atoms with E-state index in [0.717, 1.165) is 22.3 Å². The molecule has 2 unspecified atom stereocenters. The van der Waals surface area contributed by atoms with E-state index >= 15 is 0 Å². The van der Waals surface area contributed by atoms with Crippen LogP contribution in [0.1, 0.15) is 51.0 Å². The SMILES string of the molecule is CCCCC(CC)C1CNc2c(Br)cc(F)cc21. The van der Waals surface area contributed by atoms with Gasteiger partial charge in [0.1, 0.15) is 5.82 Å². The standard InChI is InChI=1S/C15H21BrFN/c1-3-5-6-10(4-2)13-9-18-15-12(13)7-11(17)8-14(15)16/h7-8,10,13,18H,3-6,9H2,1-2H3. The quantitative estimate of drug-likeness (QED) is 0.776. The zero-order valence-electron chi connectivity index (χ0n) is 11.1. The summed E-state index contributed by atoms with van der Waals surface area (Å²) in [6, 6.07) is 3.25. The van der Waals surface area contributed by atoms with Gasteiger partial charge in [-0.15, -0.1) is 0 Å². The van der Waals surface area contributed by atoms with Gasteiger partial charge in [-0.05, 0) is 46.0 Å². The summed E-state index contributed by atoms with van der Waals surface area (Å²) in [6.07, 6.45) is 4.91. The molecule has 0 radical (unpaired) electrons. The van der Waals surface area contributed by atoms with Gasteiger partial charge in [0.25, 0.3) is 0 Å². The van der Waals surface area contributed by atoms with Gasteiger partial charge in [0.15, 0.2) is 0 Å². The molecular formula is C15H21BrFN. The Bertz CT molecular complexity index is 419. The van der Waals surface area contributed by atoms with Crippen LogP contribution in [0, 0.1) is 11.7 Å². The van der Waals surface area contributed by atoms with Gasteiger partial charge in [-0.25, -0.2) is 4.39 Å². The van der Waals surface area contributed by atoms with E-state index < -0.39 is 0 Å². The number of anilines is 1. The lowest BCUT2D eigenvalue weighted by atomic mass is 9.82. The molecule has 3 heteroatoms. The minimum Gasteiger partial charge on any atom is -0.383 e. The zero-order chi connectivity index (χ0) is 13.1. The molecule has 0 aliphatic carbocycles. The first-order chi connectivity index (χ1) is 8.67. The monoisotopic (exact) mass is 313 g/mol. The van der Waals surface area contributed by atoms with Crippen molar-refractivity contribution < 1.29 is 4.39 Å². The summed E-state index contributed by atoms with van der Waals surface area (Å²) in [6.45, 7) is 5.41. The van der Waals surface area contributed by atoms with Crippen molar-refractivity contribution in [3.8, 4) is 0 Å². The summed E-state index contributed by atoms with van der Waals surface area (Å²) in [5.74, 6) is 0.982. The van der Waals surface area contributed by atoms with Crippen molar-refractivity contribution in [1.29, 1.82) is 0 Å². The molecule has 0 saturated heterocycles. The summed E-state index contributed by atoms with van der Waals surface area (Å²) in [7, 11) is 0. The Morgan fingerprint density at radius 3 is 2.89 bits per heavy atom. The molecule has 1 nitrogen and oxygen atoms in total. The largest absolute Gasteiger partial charge is 0.383 e. The van der Waals surface area contributed by atoms with Crippen molar-refractivity contribution in [2.24, 2.45) is 5.92 Å². The van der Waals surface area contributed by atoms with Crippen LogP contribution in [0.25, 0.3) is 0 Å². The molecule has 0 fully saturated rings. The molecule has 1 aromatic carbocycles. The molecule has 2 atom stereocenters. The highest BCUT2D eigenvalue weighted by molar-refractivity contribution is 9.10. The molecule has 1 N–H and O–H groups in total. The summed E-state index contributed by atoms with van der Waals surface area (Å²) in [4.78, 5) is 0. The lowest BCUT2D eigenvalue weighted by Crippen LogP contribution is -2.14. The smallest absolute Gasteiger partial charge is 0.124 e. The molecule has 1 heterocycles. The fraction of sp³-hybridized carbons (Fsp3) is 0.600. The Morgan fingerprint density at radius 1 is 1.44 bits per heavy atom. The summed E-state index contributed by atoms with van der Waals surface area (Å²) < 4.78 is 14.4. The van der Waals surface area contributed by atoms with Gasteiger partial charge in [-0.2, -0.15) is 0 Å². The van der Waals surface area contributed by atoms with E-state index in [1.54, 1.807) is 12.1 Å². The van der Waals surface area contributed by atoms with Crippen molar-refractivity contribution >= 4 is 21.6 Å². The summed E-state index contributed by atoms with van der Waals surface area (Å²) in [5, 5.41) is 3.42. The molecule has 1 aliphatic heterocycles. The molecule has 0 amide bonds. The van der Waals surface area contributed by atoms with E-state index in [1.807, 2.05) is 0 Å². The van der Waals surface area contributed by atoms with Crippen molar-refractivity contribution in [2.75, 3.05) is 11.9 Å². The second-order valence-corrected chi connectivity index (χ2v) is 6.00. The maximum Gasteiger partial charge on any atom is 0.124 e.